The van der Waals surface area contributed by atoms with Gasteiger partial charge in [0.05, 0.1) is 5.69 Å². The fourth-order valence-corrected chi connectivity index (χ4v) is 2.66. The lowest BCUT2D eigenvalue weighted by Crippen LogP contribution is -2.40. The Labute approximate surface area is 116 Å². The van der Waals surface area contributed by atoms with Crippen LogP contribution in [0, 0.1) is 6.92 Å². The van der Waals surface area contributed by atoms with Crippen molar-refractivity contribution in [1.29, 1.82) is 0 Å². The van der Waals surface area contributed by atoms with Gasteiger partial charge in [-0.2, -0.15) is 0 Å². The molecule has 0 aromatic carbocycles. The summed E-state index contributed by atoms with van der Waals surface area (Å²) >= 11 is 0. The normalized spacial score (nSPS) is 20.4. The second-order valence-electron chi connectivity index (χ2n) is 4.96. The first-order valence-corrected chi connectivity index (χ1v) is 6.66. The van der Waals surface area contributed by atoms with Crippen molar-refractivity contribution in [2.24, 2.45) is 5.73 Å². The van der Waals surface area contributed by atoms with Crippen molar-refractivity contribution in [3.8, 4) is 0 Å². The zero-order valence-electron chi connectivity index (χ0n) is 11.1. The number of nitrogens with zero attached hydrogens (tertiary/aromatic N) is 2. The van der Waals surface area contributed by atoms with E-state index in [9.17, 15) is 0 Å². The third-order valence-electron chi connectivity index (χ3n) is 3.72. The highest BCUT2D eigenvalue weighted by Gasteiger charge is 2.22. The molecule has 1 aromatic rings. The van der Waals surface area contributed by atoms with Crippen molar-refractivity contribution in [3.05, 3.63) is 29.6 Å². The number of pyridine rings is 1. The molecule has 102 valence electrons. The molecule has 0 radical (unpaired) electrons. The zero-order valence-corrected chi connectivity index (χ0v) is 12.0. The van der Waals surface area contributed by atoms with Crippen molar-refractivity contribution < 1.29 is 0 Å². The number of aryl methyl sites for hydroxylation is 1. The van der Waals surface area contributed by atoms with E-state index >= 15 is 0 Å². The average Bonchev–Trinajstić information content (AvgIpc) is 2.35. The molecular formula is C14H24ClN3. The van der Waals surface area contributed by atoms with E-state index in [1.165, 1.54) is 37.1 Å². The Morgan fingerprint density at radius 2 is 2.28 bits per heavy atom. The Morgan fingerprint density at radius 1 is 1.44 bits per heavy atom. The van der Waals surface area contributed by atoms with E-state index in [1.807, 2.05) is 12.3 Å². The Bertz CT molecular complexity index is 355. The first-order chi connectivity index (χ1) is 8.31. The van der Waals surface area contributed by atoms with Crippen LogP contribution >= 0.6 is 12.4 Å². The molecule has 1 aliphatic rings. The largest absolute Gasteiger partial charge is 0.330 e. The van der Waals surface area contributed by atoms with Gasteiger partial charge < -0.3 is 5.73 Å². The van der Waals surface area contributed by atoms with Crippen LogP contribution in [0.4, 0.5) is 0 Å². The van der Waals surface area contributed by atoms with Crippen molar-refractivity contribution in [3.63, 3.8) is 0 Å². The third kappa shape index (κ3) is 3.94. The minimum atomic E-state index is 0. The lowest BCUT2D eigenvalue weighted by atomic mass is 9.99. The summed E-state index contributed by atoms with van der Waals surface area (Å²) in [6.45, 7) is 5.12. The highest BCUT2D eigenvalue weighted by molar-refractivity contribution is 5.85. The van der Waals surface area contributed by atoms with Crippen molar-refractivity contribution in [1.82, 2.24) is 9.88 Å². The van der Waals surface area contributed by atoms with Gasteiger partial charge in [-0.3, -0.25) is 9.88 Å². The van der Waals surface area contributed by atoms with E-state index in [0.29, 0.717) is 6.04 Å². The maximum atomic E-state index is 5.70. The van der Waals surface area contributed by atoms with Crippen LogP contribution in [-0.4, -0.2) is 29.0 Å². The quantitative estimate of drug-likeness (QED) is 0.913. The molecule has 1 unspecified atom stereocenters. The second-order valence-corrected chi connectivity index (χ2v) is 4.96. The highest BCUT2D eigenvalue weighted by atomic mass is 35.5. The molecule has 2 rings (SSSR count). The van der Waals surface area contributed by atoms with Crippen LogP contribution in [0.2, 0.25) is 0 Å². The summed E-state index contributed by atoms with van der Waals surface area (Å²) in [5.41, 5.74) is 8.22. The predicted molar refractivity (Wildman–Crippen MR) is 77.9 cm³/mol. The van der Waals surface area contributed by atoms with Crippen LogP contribution in [0.1, 0.15) is 36.9 Å². The Kier molecular flexibility index (Phi) is 6.61. The van der Waals surface area contributed by atoms with Crippen LogP contribution in [-0.2, 0) is 6.54 Å². The van der Waals surface area contributed by atoms with Crippen LogP contribution in [0.3, 0.4) is 0 Å². The first-order valence-electron chi connectivity index (χ1n) is 6.66. The molecule has 2 N–H and O–H groups in total. The average molecular weight is 270 g/mol. The molecule has 1 fully saturated rings. The van der Waals surface area contributed by atoms with Crippen LogP contribution in [0.5, 0.6) is 0 Å². The topological polar surface area (TPSA) is 42.2 Å². The number of hydrogen-bond acceptors (Lipinski definition) is 3. The Hall–Kier alpha value is -0.640. The first kappa shape index (κ1) is 15.4. The van der Waals surface area contributed by atoms with E-state index in [0.717, 1.165) is 19.5 Å². The van der Waals surface area contributed by atoms with Crippen molar-refractivity contribution >= 4 is 12.4 Å². The summed E-state index contributed by atoms with van der Waals surface area (Å²) in [6.07, 6.45) is 6.97. The maximum Gasteiger partial charge on any atom is 0.0573 e. The molecule has 4 heteroatoms. The van der Waals surface area contributed by atoms with Gasteiger partial charge in [0.2, 0.25) is 0 Å². The van der Waals surface area contributed by atoms with Gasteiger partial charge in [0, 0.05) is 18.8 Å². The summed E-state index contributed by atoms with van der Waals surface area (Å²) in [6, 6.07) is 4.81. The fraction of sp³-hybridized carbons (Fsp3) is 0.643. The van der Waals surface area contributed by atoms with E-state index in [-0.39, 0.29) is 12.4 Å². The summed E-state index contributed by atoms with van der Waals surface area (Å²) < 4.78 is 0. The molecule has 1 atom stereocenters. The minimum Gasteiger partial charge on any atom is -0.330 e. The van der Waals surface area contributed by atoms with Gasteiger partial charge in [-0.05, 0) is 50.9 Å². The zero-order chi connectivity index (χ0) is 12.1. The van der Waals surface area contributed by atoms with Crippen LogP contribution in [0.25, 0.3) is 0 Å². The molecular weight excluding hydrogens is 246 g/mol. The molecule has 1 aromatic heterocycles. The molecule has 1 aliphatic heterocycles. The molecule has 0 saturated carbocycles. The fourth-order valence-electron chi connectivity index (χ4n) is 2.66. The Morgan fingerprint density at radius 3 is 3.00 bits per heavy atom. The Balaban J connectivity index is 0.00000162. The molecule has 0 bridgehead atoms. The predicted octanol–water partition coefficient (Wildman–Crippen LogP) is 2.52. The molecule has 18 heavy (non-hydrogen) atoms. The highest BCUT2D eigenvalue weighted by Crippen LogP contribution is 2.21. The number of aromatic nitrogens is 1. The van der Waals surface area contributed by atoms with Crippen molar-refractivity contribution in [2.75, 3.05) is 13.1 Å². The number of piperidine rings is 1. The van der Waals surface area contributed by atoms with Gasteiger partial charge in [0.1, 0.15) is 0 Å². The summed E-state index contributed by atoms with van der Waals surface area (Å²) in [5, 5.41) is 0. The van der Waals surface area contributed by atoms with E-state index in [2.05, 4.69) is 22.9 Å². The smallest absolute Gasteiger partial charge is 0.0573 e. The van der Waals surface area contributed by atoms with Crippen molar-refractivity contribution in [2.45, 2.75) is 45.2 Å². The maximum absolute atomic E-state index is 5.70. The molecule has 2 heterocycles. The third-order valence-corrected chi connectivity index (χ3v) is 3.72. The SMILES string of the molecule is Cc1cccnc1CN1CCCCC1CCN.Cl. The monoisotopic (exact) mass is 269 g/mol. The number of likely N-dealkylation sites (tertiary alicyclic amines) is 1. The van der Waals surface area contributed by atoms with Crippen LogP contribution in [0.15, 0.2) is 18.3 Å². The van der Waals surface area contributed by atoms with Gasteiger partial charge >= 0.3 is 0 Å². The number of hydrogen-bond donors (Lipinski definition) is 1. The molecule has 0 amide bonds. The van der Waals surface area contributed by atoms with E-state index < -0.39 is 0 Å². The van der Waals surface area contributed by atoms with Gasteiger partial charge in [0.25, 0.3) is 0 Å². The van der Waals surface area contributed by atoms with Gasteiger partial charge in [-0.25, -0.2) is 0 Å². The number of halogens is 1. The standard InChI is InChI=1S/C14H23N3.ClH/c1-12-5-4-9-16-14(12)11-17-10-3-2-6-13(17)7-8-15;/h4-5,9,13H,2-3,6-8,10-11,15H2,1H3;1H. The molecule has 3 nitrogen and oxygen atoms in total. The van der Waals surface area contributed by atoms with Gasteiger partial charge in [0.15, 0.2) is 0 Å². The van der Waals surface area contributed by atoms with E-state index in [1.54, 1.807) is 0 Å². The molecule has 0 spiro atoms. The summed E-state index contributed by atoms with van der Waals surface area (Å²) in [5.74, 6) is 0. The summed E-state index contributed by atoms with van der Waals surface area (Å²) in [7, 11) is 0. The number of nitrogens with two attached hydrogens (primary N) is 1. The lowest BCUT2D eigenvalue weighted by Gasteiger charge is -2.35. The second kappa shape index (κ2) is 7.72. The number of rotatable bonds is 4. The minimum absolute atomic E-state index is 0. The van der Waals surface area contributed by atoms with Gasteiger partial charge in [-0.15, -0.1) is 12.4 Å². The lowest BCUT2D eigenvalue weighted by molar-refractivity contribution is 0.132. The van der Waals surface area contributed by atoms with Gasteiger partial charge in [-0.1, -0.05) is 12.5 Å². The summed E-state index contributed by atoms with van der Waals surface area (Å²) in [4.78, 5) is 7.06. The van der Waals surface area contributed by atoms with E-state index in [4.69, 9.17) is 5.73 Å². The molecule has 1 saturated heterocycles. The van der Waals surface area contributed by atoms with Crippen LogP contribution < -0.4 is 5.73 Å². The molecule has 0 aliphatic carbocycles.